The maximum Gasteiger partial charge on any atom is 0.509 e. The van der Waals surface area contributed by atoms with Crippen molar-refractivity contribution in [1.29, 1.82) is 0 Å². The van der Waals surface area contributed by atoms with Gasteiger partial charge in [0.15, 0.2) is 11.5 Å². The number of aliphatic hydroxyl groups excluding tert-OH is 1. The number of carbonyl (C=O) groups is 3. The molecule has 5 saturated carbocycles. The third-order valence-electron chi connectivity index (χ3n) is 11.7. The van der Waals surface area contributed by atoms with E-state index in [1.54, 1.807) is 13.8 Å². The molecule has 0 amide bonds. The Morgan fingerprint density at radius 1 is 1.11 bits per heavy atom. The van der Waals surface area contributed by atoms with E-state index in [2.05, 4.69) is 0 Å². The van der Waals surface area contributed by atoms with E-state index in [9.17, 15) is 24.6 Å². The summed E-state index contributed by atoms with van der Waals surface area (Å²) in [5.41, 5.74) is -7.34. The molecule has 12 atom stereocenters. The van der Waals surface area contributed by atoms with Crippen LogP contribution < -0.4 is 0 Å². The van der Waals surface area contributed by atoms with Gasteiger partial charge in [0.25, 0.3) is 0 Å². The lowest BCUT2D eigenvalue weighted by atomic mass is 9.44. The second kappa shape index (κ2) is 8.12. The Kier molecular flexibility index (Phi) is 5.54. The zero-order valence-electron chi connectivity index (χ0n) is 22.0. The molecule has 2 bridgehead atoms. The average molecular weight is 535 g/mol. The van der Waals surface area contributed by atoms with E-state index in [-0.39, 0.29) is 36.9 Å². The molecule has 6 rings (SSSR count). The molecule has 2 N–H and O–H groups in total. The number of carboxylic acid groups (broad SMARTS) is 1. The van der Waals surface area contributed by atoms with Crippen molar-refractivity contribution >= 4 is 17.9 Å². The van der Waals surface area contributed by atoms with Gasteiger partial charge >= 0.3 is 12.1 Å². The first-order valence-corrected chi connectivity index (χ1v) is 13.9. The highest BCUT2D eigenvalue weighted by Gasteiger charge is 2.78. The molecule has 0 saturated heterocycles. The number of ether oxygens (including phenoxy) is 2. The Balaban J connectivity index is 1.36. The molecule has 0 heterocycles. The standard InChI is InChI=1S/C29H36F2O7/c1-14-8-18-19-12-21(30)20-11-17(32)6-7-26(20,2)28(19,31)23(33)13-27(18,3)29(14,24(34)35)38-25(36)37-22-10-15-4-5-16(22)9-15/h6-7,11,14-16,18-19,21-23,33H,4-5,8-10,12-13H2,1-3H3,(H,34,35)/t14-,15?,16?,18+,19+,21+,22?,23+,26+,27+,28+,29+/m1/s1. The van der Waals surface area contributed by atoms with E-state index in [1.807, 2.05) is 0 Å². The van der Waals surface area contributed by atoms with Crippen molar-refractivity contribution in [3.63, 3.8) is 0 Å². The monoisotopic (exact) mass is 534 g/mol. The third-order valence-corrected chi connectivity index (χ3v) is 11.7. The van der Waals surface area contributed by atoms with Gasteiger partial charge in [-0.05, 0) is 87.3 Å². The van der Waals surface area contributed by atoms with Crippen molar-refractivity contribution in [2.45, 2.75) is 95.4 Å². The van der Waals surface area contributed by atoms with Crippen LogP contribution in [0, 0.1) is 40.4 Å². The third kappa shape index (κ3) is 3.05. The Morgan fingerprint density at radius 2 is 1.84 bits per heavy atom. The summed E-state index contributed by atoms with van der Waals surface area (Å²) < 4.78 is 44.4. The summed E-state index contributed by atoms with van der Waals surface area (Å²) in [6, 6.07) is 0. The van der Waals surface area contributed by atoms with Crippen LogP contribution in [-0.4, -0.2) is 57.8 Å². The fourth-order valence-electron chi connectivity index (χ4n) is 9.85. The lowest BCUT2D eigenvalue weighted by Crippen LogP contribution is -2.71. The molecule has 5 fully saturated rings. The van der Waals surface area contributed by atoms with Crippen molar-refractivity contribution in [1.82, 2.24) is 0 Å². The van der Waals surface area contributed by atoms with Gasteiger partial charge < -0.3 is 19.7 Å². The largest absolute Gasteiger partial charge is 0.509 e. The van der Waals surface area contributed by atoms with E-state index in [1.165, 1.54) is 19.1 Å². The second-order valence-corrected chi connectivity index (χ2v) is 13.2. The van der Waals surface area contributed by atoms with Gasteiger partial charge in [0, 0.05) is 22.7 Å². The van der Waals surface area contributed by atoms with Crippen LogP contribution in [0.2, 0.25) is 0 Å². The summed E-state index contributed by atoms with van der Waals surface area (Å²) >= 11 is 0. The van der Waals surface area contributed by atoms with Gasteiger partial charge in [-0.2, -0.15) is 0 Å². The van der Waals surface area contributed by atoms with Crippen LogP contribution in [0.4, 0.5) is 13.6 Å². The highest BCUT2D eigenvalue weighted by molar-refractivity contribution is 6.01. The van der Waals surface area contributed by atoms with E-state index in [4.69, 9.17) is 9.47 Å². The topological polar surface area (TPSA) is 110 Å². The van der Waals surface area contributed by atoms with Crippen molar-refractivity contribution in [2.75, 3.05) is 0 Å². The molecule has 3 unspecified atom stereocenters. The summed E-state index contributed by atoms with van der Waals surface area (Å²) in [6.45, 7) is 4.76. The molecule has 0 aromatic rings. The molecule has 0 aromatic carbocycles. The molecular weight excluding hydrogens is 498 g/mol. The molecule has 0 radical (unpaired) electrons. The molecule has 208 valence electrons. The summed E-state index contributed by atoms with van der Waals surface area (Å²) in [5, 5.41) is 22.0. The number of halogens is 2. The van der Waals surface area contributed by atoms with Crippen molar-refractivity contribution in [3.8, 4) is 0 Å². The van der Waals surface area contributed by atoms with Gasteiger partial charge in [0.05, 0.1) is 6.10 Å². The number of aliphatic carboxylic acids is 1. The lowest BCUT2D eigenvalue weighted by molar-refractivity contribution is -0.232. The first kappa shape index (κ1) is 26.0. The molecule has 9 heteroatoms. The number of hydrogen-bond acceptors (Lipinski definition) is 6. The molecular formula is C29H36F2O7. The zero-order chi connectivity index (χ0) is 27.4. The molecule has 38 heavy (non-hydrogen) atoms. The van der Waals surface area contributed by atoms with Crippen LogP contribution in [0.25, 0.3) is 0 Å². The Bertz CT molecular complexity index is 1150. The number of rotatable bonds is 3. The number of allylic oxidation sites excluding steroid dienone is 4. The van der Waals surface area contributed by atoms with Gasteiger partial charge in [-0.25, -0.2) is 18.4 Å². The number of fused-ring (bicyclic) bond motifs is 7. The number of ketones is 1. The minimum atomic E-state index is -2.33. The minimum Gasteiger partial charge on any atom is -0.478 e. The lowest BCUT2D eigenvalue weighted by Gasteiger charge is -2.62. The maximum absolute atomic E-state index is 17.3. The number of aliphatic hydroxyl groups is 1. The molecule has 6 aliphatic rings. The summed E-state index contributed by atoms with van der Waals surface area (Å²) in [6.07, 6.45) is 2.39. The van der Waals surface area contributed by atoms with Crippen LogP contribution in [-0.2, 0) is 19.1 Å². The second-order valence-electron chi connectivity index (χ2n) is 13.2. The van der Waals surface area contributed by atoms with Gasteiger partial charge in [-0.15, -0.1) is 0 Å². The van der Waals surface area contributed by atoms with Crippen molar-refractivity contribution < 1.29 is 42.9 Å². The Labute approximate surface area is 220 Å². The predicted octanol–water partition coefficient (Wildman–Crippen LogP) is 4.72. The van der Waals surface area contributed by atoms with E-state index < -0.39 is 70.0 Å². The number of alkyl halides is 2. The smallest absolute Gasteiger partial charge is 0.478 e. The molecule has 6 aliphatic carbocycles. The Hall–Kier alpha value is -2.29. The summed E-state index contributed by atoms with van der Waals surface area (Å²) in [7, 11) is 0. The van der Waals surface area contributed by atoms with Crippen LogP contribution in [0.15, 0.2) is 23.8 Å². The van der Waals surface area contributed by atoms with Gasteiger partial charge in [0.1, 0.15) is 12.3 Å². The highest BCUT2D eigenvalue weighted by atomic mass is 19.1. The SMILES string of the molecule is C[C@@H]1C[C@H]2[C@@H]3C[C@H](F)C4=CC(=O)C=C[C@]4(C)[C@@]3(F)[C@@H](O)C[C@]2(C)[C@@]1(OC(=O)OC1CC2CCC1C2)C(=O)O. The molecule has 0 aliphatic heterocycles. The first-order chi connectivity index (χ1) is 17.8. The number of carbonyl (C=O) groups excluding carboxylic acids is 2. The van der Waals surface area contributed by atoms with Crippen molar-refractivity contribution in [2.24, 2.45) is 40.4 Å². The van der Waals surface area contributed by atoms with E-state index >= 15 is 8.78 Å². The number of hydrogen-bond donors (Lipinski definition) is 2. The molecule has 0 aromatic heterocycles. The number of carboxylic acids is 1. The first-order valence-electron chi connectivity index (χ1n) is 13.9. The Morgan fingerprint density at radius 3 is 2.47 bits per heavy atom. The fraction of sp³-hybridized carbons (Fsp3) is 0.759. The van der Waals surface area contributed by atoms with Crippen LogP contribution >= 0.6 is 0 Å². The van der Waals surface area contributed by atoms with Crippen LogP contribution in [0.3, 0.4) is 0 Å². The maximum atomic E-state index is 17.3. The zero-order valence-corrected chi connectivity index (χ0v) is 22.0. The van der Waals surface area contributed by atoms with Gasteiger partial charge in [-0.3, -0.25) is 4.79 Å². The van der Waals surface area contributed by atoms with Crippen LogP contribution in [0.5, 0.6) is 0 Å². The average Bonchev–Trinajstić information content (AvgIpc) is 3.51. The van der Waals surface area contributed by atoms with E-state index in [0.29, 0.717) is 5.92 Å². The summed E-state index contributed by atoms with van der Waals surface area (Å²) in [5.74, 6) is -3.53. The molecule has 7 nitrogen and oxygen atoms in total. The summed E-state index contributed by atoms with van der Waals surface area (Å²) in [4.78, 5) is 38.1. The predicted molar refractivity (Wildman–Crippen MR) is 130 cm³/mol. The van der Waals surface area contributed by atoms with E-state index in [0.717, 1.165) is 31.8 Å². The highest BCUT2D eigenvalue weighted by Crippen LogP contribution is 2.71. The van der Waals surface area contributed by atoms with Gasteiger partial charge in [0.2, 0.25) is 5.60 Å². The van der Waals surface area contributed by atoms with Crippen LogP contribution in [0.1, 0.15) is 65.7 Å². The van der Waals surface area contributed by atoms with Crippen molar-refractivity contribution in [3.05, 3.63) is 23.8 Å². The molecule has 0 spiro atoms. The minimum absolute atomic E-state index is 0.00707. The quantitative estimate of drug-likeness (QED) is 0.505. The normalized spacial score (nSPS) is 52.6. The fourth-order valence-corrected chi connectivity index (χ4v) is 9.85. The van der Waals surface area contributed by atoms with Gasteiger partial charge in [-0.1, -0.05) is 19.9 Å².